The molecule has 2 fully saturated rings. The predicted octanol–water partition coefficient (Wildman–Crippen LogP) is 5.03. The molecule has 3 aromatic rings. The molecule has 0 atom stereocenters. The fourth-order valence-corrected chi connectivity index (χ4v) is 6.35. The normalized spacial score (nSPS) is 21.8. The fraction of sp³-hybridized carbons (Fsp3) is 0.654. The van der Waals surface area contributed by atoms with Gasteiger partial charge < -0.3 is 19.5 Å². The third-order valence-corrected chi connectivity index (χ3v) is 8.23. The number of ether oxygens (including phenoxy) is 1. The largest absolute Gasteiger partial charge is 0.385 e. The topological polar surface area (TPSA) is 68.1 Å². The number of piperidine rings is 1. The zero-order valence-electron chi connectivity index (χ0n) is 20.6. The van der Waals surface area contributed by atoms with E-state index in [9.17, 15) is 0 Å². The van der Waals surface area contributed by atoms with Gasteiger partial charge in [-0.3, -0.25) is 0 Å². The van der Waals surface area contributed by atoms with Crippen molar-refractivity contribution in [3.63, 3.8) is 0 Å². The van der Waals surface area contributed by atoms with E-state index >= 15 is 0 Å². The van der Waals surface area contributed by atoms with Gasteiger partial charge in [0.15, 0.2) is 5.82 Å². The molecule has 8 heteroatoms. The standard InChI is InChI=1S/C26H38N6OS/c1-19-17-22(34-30-19)18-24-28-23-11-15-32(14-6-16-33-2)25(23)26(29-24)27-20-7-9-21(10-8-20)31-12-4-3-5-13-31/h11,15,17,20-21H,3-10,12-14,16,18H2,1-2H3,(H,27,28,29). The van der Waals surface area contributed by atoms with E-state index in [2.05, 4.69) is 37.5 Å². The predicted molar refractivity (Wildman–Crippen MR) is 139 cm³/mol. The molecule has 0 bridgehead atoms. The van der Waals surface area contributed by atoms with E-state index in [0.717, 1.165) is 60.4 Å². The first-order valence-corrected chi connectivity index (χ1v) is 13.7. The summed E-state index contributed by atoms with van der Waals surface area (Å²) < 4.78 is 12.0. The third-order valence-electron chi connectivity index (χ3n) is 7.36. The molecule has 1 aliphatic carbocycles. The fourth-order valence-electron chi connectivity index (χ4n) is 5.62. The molecule has 4 heterocycles. The number of rotatable bonds is 9. The van der Waals surface area contributed by atoms with Gasteiger partial charge in [-0.05, 0) is 88.6 Å². The van der Waals surface area contributed by atoms with Crippen LogP contribution in [0.1, 0.15) is 67.8 Å². The molecule has 1 saturated carbocycles. The lowest BCUT2D eigenvalue weighted by molar-refractivity contribution is 0.127. The molecule has 5 rings (SSSR count). The first-order valence-electron chi connectivity index (χ1n) is 13.0. The summed E-state index contributed by atoms with van der Waals surface area (Å²) in [6.07, 6.45) is 13.0. The maximum absolute atomic E-state index is 5.28. The summed E-state index contributed by atoms with van der Waals surface area (Å²) in [7, 11) is 1.76. The number of hydrogen-bond donors (Lipinski definition) is 1. The number of likely N-dealkylation sites (tertiary alicyclic amines) is 1. The van der Waals surface area contributed by atoms with Crippen LogP contribution in [0.15, 0.2) is 18.3 Å². The van der Waals surface area contributed by atoms with Crippen molar-refractivity contribution >= 4 is 28.4 Å². The van der Waals surface area contributed by atoms with Crippen LogP contribution >= 0.6 is 11.5 Å². The van der Waals surface area contributed by atoms with Crippen molar-refractivity contribution in [1.29, 1.82) is 0 Å². The van der Waals surface area contributed by atoms with E-state index in [-0.39, 0.29) is 0 Å². The van der Waals surface area contributed by atoms with Crippen LogP contribution in [0.2, 0.25) is 0 Å². The van der Waals surface area contributed by atoms with Crippen LogP contribution in [0, 0.1) is 6.92 Å². The molecule has 0 spiro atoms. The number of aromatic nitrogens is 4. The molecule has 1 aliphatic heterocycles. The van der Waals surface area contributed by atoms with Crippen LogP contribution in [-0.4, -0.2) is 62.7 Å². The molecule has 184 valence electrons. The molecule has 34 heavy (non-hydrogen) atoms. The van der Waals surface area contributed by atoms with Gasteiger partial charge >= 0.3 is 0 Å². The number of anilines is 1. The second kappa shape index (κ2) is 11.1. The highest BCUT2D eigenvalue weighted by molar-refractivity contribution is 7.05. The molecule has 2 aliphatic rings. The molecule has 0 aromatic carbocycles. The highest BCUT2D eigenvalue weighted by Crippen LogP contribution is 2.30. The Bertz CT molecular complexity index is 1060. The maximum Gasteiger partial charge on any atom is 0.154 e. The van der Waals surface area contributed by atoms with Crippen molar-refractivity contribution in [3.8, 4) is 0 Å². The quantitative estimate of drug-likeness (QED) is 0.431. The van der Waals surface area contributed by atoms with E-state index < -0.39 is 0 Å². The second-order valence-corrected chi connectivity index (χ2v) is 10.8. The maximum atomic E-state index is 5.28. The molecule has 0 unspecified atom stereocenters. The van der Waals surface area contributed by atoms with Gasteiger partial charge in [0.2, 0.25) is 0 Å². The van der Waals surface area contributed by atoms with Crippen LogP contribution in [0.4, 0.5) is 5.82 Å². The smallest absolute Gasteiger partial charge is 0.154 e. The molecular weight excluding hydrogens is 444 g/mol. The minimum atomic E-state index is 0.472. The first kappa shape index (κ1) is 23.7. The van der Waals surface area contributed by atoms with Crippen LogP contribution in [-0.2, 0) is 17.7 Å². The van der Waals surface area contributed by atoms with Crippen molar-refractivity contribution in [2.45, 2.75) is 83.3 Å². The first-order chi connectivity index (χ1) is 16.7. The summed E-state index contributed by atoms with van der Waals surface area (Å²) in [4.78, 5) is 13.9. The zero-order valence-corrected chi connectivity index (χ0v) is 21.4. The Kier molecular flexibility index (Phi) is 7.77. The average molecular weight is 483 g/mol. The molecule has 3 aromatic heterocycles. The van der Waals surface area contributed by atoms with Gasteiger partial charge in [0, 0.05) is 49.8 Å². The Morgan fingerprint density at radius 3 is 2.68 bits per heavy atom. The highest BCUT2D eigenvalue weighted by atomic mass is 32.1. The van der Waals surface area contributed by atoms with Crippen molar-refractivity contribution in [2.75, 3.05) is 32.1 Å². The number of methoxy groups -OCH3 is 1. The number of nitrogens with zero attached hydrogens (tertiary/aromatic N) is 5. The average Bonchev–Trinajstić information content (AvgIpc) is 3.46. The number of hydrogen-bond acceptors (Lipinski definition) is 7. The van der Waals surface area contributed by atoms with Crippen LogP contribution in [0.5, 0.6) is 0 Å². The van der Waals surface area contributed by atoms with Gasteiger partial charge in [-0.25, -0.2) is 9.97 Å². The Hall–Kier alpha value is -2.03. The van der Waals surface area contributed by atoms with E-state index in [1.165, 1.54) is 62.9 Å². The number of fused-ring (bicyclic) bond motifs is 1. The number of aryl methyl sites for hydroxylation is 2. The molecule has 0 amide bonds. The molecule has 1 N–H and O–H groups in total. The summed E-state index contributed by atoms with van der Waals surface area (Å²) in [6.45, 7) is 6.30. The lowest BCUT2D eigenvalue weighted by Crippen LogP contribution is -2.43. The summed E-state index contributed by atoms with van der Waals surface area (Å²) in [6, 6.07) is 5.51. The highest BCUT2D eigenvalue weighted by Gasteiger charge is 2.27. The summed E-state index contributed by atoms with van der Waals surface area (Å²) in [5.41, 5.74) is 3.21. The summed E-state index contributed by atoms with van der Waals surface area (Å²) in [5.74, 6) is 1.86. The Morgan fingerprint density at radius 1 is 1.12 bits per heavy atom. The van der Waals surface area contributed by atoms with Gasteiger partial charge in [-0.2, -0.15) is 4.37 Å². The Balaban J connectivity index is 1.34. The van der Waals surface area contributed by atoms with E-state index in [1.54, 1.807) is 18.6 Å². The minimum Gasteiger partial charge on any atom is -0.385 e. The van der Waals surface area contributed by atoms with Crippen LogP contribution in [0.25, 0.3) is 11.0 Å². The van der Waals surface area contributed by atoms with Gasteiger partial charge in [-0.15, -0.1) is 0 Å². The van der Waals surface area contributed by atoms with Gasteiger partial charge in [0.25, 0.3) is 0 Å². The van der Waals surface area contributed by atoms with Crippen molar-refractivity contribution in [1.82, 2.24) is 23.8 Å². The Morgan fingerprint density at radius 2 is 1.94 bits per heavy atom. The van der Waals surface area contributed by atoms with E-state index in [1.807, 2.05) is 6.92 Å². The summed E-state index contributed by atoms with van der Waals surface area (Å²) >= 11 is 1.55. The molecular formula is C26H38N6OS. The van der Waals surface area contributed by atoms with Gasteiger partial charge in [0.05, 0.1) is 11.2 Å². The Labute approximate surface area is 207 Å². The van der Waals surface area contributed by atoms with E-state index in [4.69, 9.17) is 14.7 Å². The molecule has 7 nitrogen and oxygen atoms in total. The van der Waals surface area contributed by atoms with E-state index in [0.29, 0.717) is 6.04 Å². The molecule has 1 saturated heterocycles. The van der Waals surface area contributed by atoms with Gasteiger partial charge in [0.1, 0.15) is 11.3 Å². The van der Waals surface area contributed by atoms with Crippen LogP contribution < -0.4 is 5.32 Å². The van der Waals surface area contributed by atoms with Crippen LogP contribution in [0.3, 0.4) is 0 Å². The molecule has 0 radical (unpaired) electrons. The monoisotopic (exact) mass is 482 g/mol. The minimum absolute atomic E-state index is 0.472. The van der Waals surface area contributed by atoms with Crippen molar-refractivity contribution in [3.05, 3.63) is 34.7 Å². The van der Waals surface area contributed by atoms with Crippen molar-refractivity contribution in [2.24, 2.45) is 0 Å². The second-order valence-electron chi connectivity index (χ2n) is 9.94. The zero-order chi connectivity index (χ0) is 23.3. The lowest BCUT2D eigenvalue weighted by Gasteiger charge is -2.39. The SMILES string of the molecule is COCCCn1ccc2nc(Cc3cc(C)ns3)nc(NC3CCC(N4CCCCC4)CC3)c21. The van der Waals surface area contributed by atoms with Crippen molar-refractivity contribution < 1.29 is 4.74 Å². The number of nitrogens with one attached hydrogen (secondary N) is 1. The summed E-state index contributed by atoms with van der Waals surface area (Å²) in [5, 5.41) is 3.86. The lowest BCUT2D eigenvalue weighted by atomic mass is 9.89. The van der Waals surface area contributed by atoms with Gasteiger partial charge in [-0.1, -0.05) is 6.42 Å². The third kappa shape index (κ3) is 5.61.